The Kier molecular flexibility index (Phi) is 6.18. The number of aryl methyl sites for hydroxylation is 2. The summed E-state index contributed by atoms with van der Waals surface area (Å²) in [5, 5.41) is 2.46. The molecule has 33 heavy (non-hydrogen) atoms. The van der Waals surface area contributed by atoms with E-state index in [1.54, 1.807) is 4.90 Å². The lowest BCUT2D eigenvalue weighted by atomic mass is 10.00. The van der Waals surface area contributed by atoms with E-state index in [9.17, 15) is 14.0 Å². The Morgan fingerprint density at radius 3 is 2.79 bits per heavy atom. The summed E-state index contributed by atoms with van der Waals surface area (Å²) in [6.07, 6.45) is 4.21. The van der Waals surface area contributed by atoms with Crippen molar-refractivity contribution in [2.45, 2.75) is 27.2 Å². The number of hydrogen-bond donors (Lipinski definition) is 1. The van der Waals surface area contributed by atoms with Crippen molar-refractivity contribution in [3.8, 4) is 11.3 Å². The Labute approximate surface area is 191 Å². The summed E-state index contributed by atoms with van der Waals surface area (Å²) in [5.74, 6) is -0.380. The molecule has 0 unspecified atom stereocenters. The van der Waals surface area contributed by atoms with E-state index in [4.69, 9.17) is 9.72 Å². The number of nitrogens with one attached hydrogen (secondary N) is 1. The summed E-state index contributed by atoms with van der Waals surface area (Å²) in [6, 6.07) is 6.81. The lowest BCUT2D eigenvalue weighted by Gasteiger charge is -2.29. The average molecular weight is 451 g/mol. The molecule has 0 atom stereocenters. The number of hydrogen-bond acceptors (Lipinski definition) is 4. The van der Waals surface area contributed by atoms with E-state index in [-0.39, 0.29) is 11.5 Å². The van der Waals surface area contributed by atoms with E-state index in [1.165, 1.54) is 19.2 Å². The van der Waals surface area contributed by atoms with Gasteiger partial charge in [-0.05, 0) is 49.2 Å². The number of amides is 2. The largest absolute Gasteiger partial charge is 0.494 e. The first-order chi connectivity index (χ1) is 15.8. The fourth-order valence-electron chi connectivity index (χ4n) is 4.02. The van der Waals surface area contributed by atoms with Gasteiger partial charge in [-0.25, -0.2) is 9.37 Å². The number of carbonyl (C=O) groups excluding carboxylic acids is 2. The number of benzene rings is 1. The van der Waals surface area contributed by atoms with Crippen LogP contribution in [0.15, 0.2) is 36.2 Å². The highest BCUT2D eigenvalue weighted by molar-refractivity contribution is 5.95. The standard InChI is InChI=1S/C25H27FN4O3/c1-5-23(31)29-8-9-33-17(14-29)12-21-24(28-22-10-15(2)6-7-30(21)22)18-13-20(26)19(11-16(18)3)25(32)27-4/h6-7,10-13H,5,8-9,14H2,1-4H3,(H,27,32)/b17-12-. The van der Waals surface area contributed by atoms with Crippen molar-refractivity contribution >= 4 is 23.5 Å². The van der Waals surface area contributed by atoms with E-state index in [2.05, 4.69) is 5.32 Å². The summed E-state index contributed by atoms with van der Waals surface area (Å²) < 4.78 is 22.6. The number of imidazole rings is 1. The van der Waals surface area contributed by atoms with E-state index in [1.807, 2.05) is 49.6 Å². The smallest absolute Gasteiger partial charge is 0.254 e. The molecule has 1 fully saturated rings. The van der Waals surface area contributed by atoms with Gasteiger partial charge >= 0.3 is 0 Å². The molecule has 2 aromatic heterocycles. The third kappa shape index (κ3) is 4.33. The predicted octanol–water partition coefficient (Wildman–Crippen LogP) is 3.73. The van der Waals surface area contributed by atoms with E-state index in [0.29, 0.717) is 48.8 Å². The number of carbonyl (C=O) groups is 2. The molecule has 1 saturated heterocycles. The van der Waals surface area contributed by atoms with Crippen LogP contribution in [0.25, 0.3) is 23.0 Å². The molecule has 4 rings (SSSR count). The molecule has 2 amide bonds. The third-order valence-corrected chi connectivity index (χ3v) is 5.81. The minimum Gasteiger partial charge on any atom is -0.494 e. The second-order valence-electron chi connectivity index (χ2n) is 8.13. The number of rotatable bonds is 4. The zero-order valence-electron chi connectivity index (χ0n) is 19.2. The average Bonchev–Trinajstić information content (AvgIpc) is 3.16. The van der Waals surface area contributed by atoms with Gasteiger partial charge < -0.3 is 15.0 Å². The molecule has 7 nitrogen and oxygen atoms in total. The summed E-state index contributed by atoms with van der Waals surface area (Å²) in [4.78, 5) is 30.8. The summed E-state index contributed by atoms with van der Waals surface area (Å²) >= 11 is 0. The predicted molar refractivity (Wildman–Crippen MR) is 124 cm³/mol. The molecule has 0 radical (unpaired) electrons. The van der Waals surface area contributed by atoms with Gasteiger partial charge in [0.1, 0.15) is 23.8 Å². The van der Waals surface area contributed by atoms with Crippen LogP contribution in [0.2, 0.25) is 0 Å². The number of ether oxygens (including phenoxy) is 1. The zero-order valence-corrected chi connectivity index (χ0v) is 19.2. The molecular weight excluding hydrogens is 423 g/mol. The maximum absolute atomic E-state index is 14.9. The summed E-state index contributed by atoms with van der Waals surface area (Å²) in [7, 11) is 1.47. The Balaban J connectivity index is 1.87. The zero-order chi connectivity index (χ0) is 23.7. The molecule has 0 bridgehead atoms. The second-order valence-corrected chi connectivity index (χ2v) is 8.13. The van der Waals surface area contributed by atoms with Crippen molar-refractivity contribution in [2.24, 2.45) is 0 Å². The van der Waals surface area contributed by atoms with Crippen molar-refractivity contribution in [2.75, 3.05) is 26.7 Å². The molecule has 1 aliphatic rings. The second kappa shape index (κ2) is 9.05. The molecule has 0 saturated carbocycles. The van der Waals surface area contributed by atoms with Crippen LogP contribution < -0.4 is 5.32 Å². The monoisotopic (exact) mass is 450 g/mol. The lowest BCUT2D eigenvalue weighted by Crippen LogP contribution is -2.39. The Morgan fingerprint density at radius 2 is 2.06 bits per heavy atom. The fraction of sp³-hybridized carbons (Fsp3) is 0.320. The minimum absolute atomic E-state index is 0.0115. The Bertz CT molecular complexity index is 1280. The first-order valence-corrected chi connectivity index (χ1v) is 10.9. The highest BCUT2D eigenvalue weighted by Crippen LogP contribution is 2.31. The molecule has 1 aromatic carbocycles. The van der Waals surface area contributed by atoms with Crippen LogP contribution in [0.5, 0.6) is 0 Å². The fourth-order valence-corrected chi connectivity index (χ4v) is 4.02. The topological polar surface area (TPSA) is 75.9 Å². The van der Waals surface area contributed by atoms with E-state index >= 15 is 0 Å². The maximum atomic E-state index is 14.9. The van der Waals surface area contributed by atoms with Gasteiger partial charge in [-0.15, -0.1) is 0 Å². The molecule has 172 valence electrons. The molecule has 8 heteroatoms. The van der Waals surface area contributed by atoms with E-state index < -0.39 is 11.7 Å². The van der Waals surface area contributed by atoms with Gasteiger partial charge in [0.25, 0.3) is 5.91 Å². The van der Waals surface area contributed by atoms with Crippen LogP contribution in [0.1, 0.15) is 40.5 Å². The Hall–Kier alpha value is -3.68. The van der Waals surface area contributed by atoms with Crippen LogP contribution in [-0.2, 0) is 9.53 Å². The minimum atomic E-state index is -0.615. The van der Waals surface area contributed by atoms with Crippen molar-refractivity contribution in [1.82, 2.24) is 19.6 Å². The quantitative estimate of drug-likeness (QED) is 0.657. The molecular formula is C25H27FN4O3. The number of pyridine rings is 1. The van der Waals surface area contributed by atoms with Crippen LogP contribution >= 0.6 is 0 Å². The first-order valence-electron chi connectivity index (χ1n) is 10.9. The van der Waals surface area contributed by atoms with Gasteiger partial charge in [0.2, 0.25) is 5.91 Å². The molecule has 0 aliphatic carbocycles. The van der Waals surface area contributed by atoms with Crippen LogP contribution in [0.4, 0.5) is 4.39 Å². The first kappa shape index (κ1) is 22.5. The SMILES string of the molecule is CCC(=O)N1CCO/C(=C\c2c(-c3cc(F)c(C(=O)NC)cc3C)nc3cc(C)ccn23)C1. The van der Waals surface area contributed by atoms with Crippen molar-refractivity contribution < 1.29 is 18.7 Å². The summed E-state index contributed by atoms with van der Waals surface area (Å²) in [5.41, 5.74) is 4.36. The molecule has 3 aromatic rings. The van der Waals surface area contributed by atoms with Crippen molar-refractivity contribution in [3.63, 3.8) is 0 Å². The van der Waals surface area contributed by atoms with Gasteiger partial charge in [-0.2, -0.15) is 0 Å². The normalized spacial score (nSPS) is 15.1. The number of halogens is 1. The van der Waals surface area contributed by atoms with Gasteiger partial charge in [0, 0.05) is 31.3 Å². The van der Waals surface area contributed by atoms with Gasteiger partial charge in [-0.1, -0.05) is 6.92 Å². The van der Waals surface area contributed by atoms with Gasteiger partial charge in [0.05, 0.1) is 30.0 Å². The highest BCUT2D eigenvalue weighted by Gasteiger charge is 2.23. The van der Waals surface area contributed by atoms with Gasteiger partial charge in [-0.3, -0.25) is 14.0 Å². The van der Waals surface area contributed by atoms with Crippen LogP contribution in [0.3, 0.4) is 0 Å². The number of aromatic nitrogens is 2. The van der Waals surface area contributed by atoms with Crippen molar-refractivity contribution in [3.05, 3.63) is 64.4 Å². The number of morpholine rings is 1. The molecule has 1 N–H and O–H groups in total. The lowest BCUT2D eigenvalue weighted by molar-refractivity contribution is -0.133. The Morgan fingerprint density at radius 1 is 1.27 bits per heavy atom. The number of nitrogens with zero attached hydrogens (tertiary/aromatic N) is 3. The number of fused-ring (bicyclic) bond motifs is 1. The molecule has 1 aliphatic heterocycles. The summed E-state index contributed by atoms with van der Waals surface area (Å²) in [6.45, 7) is 6.98. The maximum Gasteiger partial charge on any atom is 0.254 e. The van der Waals surface area contributed by atoms with Crippen LogP contribution in [0, 0.1) is 19.7 Å². The van der Waals surface area contributed by atoms with Crippen molar-refractivity contribution in [1.29, 1.82) is 0 Å². The molecule has 3 heterocycles. The molecule has 0 spiro atoms. The highest BCUT2D eigenvalue weighted by atomic mass is 19.1. The van der Waals surface area contributed by atoms with E-state index in [0.717, 1.165) is 16.8 Å². The van der Waals surface area contributed by atoms with Crippen LogP contribution in [-0.4, -0.2) is 52.8 Å². The third-order valence-electron chi connectivity index (χ3n) is 5.81. The van der Waals surface area contributed by atoms with Gasteiger partial charge in [0.15, 0.2) is 0 Å².